The number of halogens is 2. The van der Waals surface area contributed by atoms with Crippen molar-refractivity contribution in [3.05, 3.63) is 29.3 Å². The Hall–Kier alpha value is -0.935. The van der Waals surface area contributed by atoms with Crippen LogP contribution in [0, 0.1) is 5.92 Å². The van der Waals surface area contributed by atoms with Crippen LogP contribution in [0.25, 0.3) is 0 Å². The number of hydrogen-bond acceptors (Lipinski definition) is 2. The molecule has 1 saturated carbocycles. The molecule has 5 heteroatoms. The fourth-order valence-corrected chi connectivity index (χ4v) is 3.58. The number of alkyl halides is 2. The molecule has 21 heavy (non-hydrogen) atoms. The molecular formula is C16H19BF2O2. The Bertz CT molecular complexity index is 611. The van der Waals surface area contributed by atoms with Gasteiger partial charge in [0, 0.05) is 11.5 Å². The highest BCUT2D eigenvalue weighted by Gasteiger charge is 2.65. The van der Waals surface area contributed by atoms with Crippen LogP contribution in [0.1, 0.15) is 51.2 Å². The van der Waals surface area contributed by atoms with E-state index < -0.39 is 30.2 Å². The van der Waals surface area contributed by atoms with E-state index in [2.05, 4.69) is 0 Å². The first-order chi connectivity index (χ1) is 9.65. The summed E-state index contributed by atoms with van der Waals surface area (Å²) < 4.78 is 40.6. The average Bonchev–Trinajstić information content (AvgIpc) is 3.08. The van der Waals surface area contributed by atoms with Crippen molar-refractivity contribution in [3.8, 4) is 0 Å². The van der Waals surface area contributed by atoms with Crippen molar-refractivity contribution in [1.29, 1.82) is 0 Å². The summed E-state index contributed by atoms with van der Waals surface area (Å²) in [5.74, 6) is -3.24. The van der Waals surface area contributed by atoms with E-state index in [9.17, 15) is 8.78 Å². The monoisotopic (exact) mass is 292 g/mol. The van der Waals surface area contributed by atoms with E-state index >= 15 is 0 Å². The van der Waals surface area contributed by atoms with Gasteiger partial charge in [0.1, 0.15) is 0 Å². The number of benzene rings is 1. The second kappa shape index (κ2) is 3.69. The molecule has 112 valence electrons. The maximum Gasteiger partial charge on any atom is 0.495 e. The zero-order valence-electron chi connectivity index (χ0n) is 12.7. The fraction of sp³-hybridized carbons (Fsp3) is 0.625. The minimum Gasteiger partial charge on any atom is -0.399 e. The Balaban J connectivity index is 1.78. The van der Waals surface area contributed by atoms with E-state index in [1.165, 1.54) is 0 Å². The highest BCUT2D eigenvalue weighted by molar-refractivity contribution is 6.62. The van der Waals surface area contributed by atoms with E-state index in [1.807, 2.05) is 33.8 Å². The van der Waals surface area contributed by atoms with Crippen LogP contribution in [0.2, 0.25) is 0 Å². The van der Waals surface area contributed by atoms with Gasteiger partial charge < -0.3 is 9.31 Å². The second-order valence-corrected chi connectivity index (χ2v) is 7.47. The molecule has 1 aromatic carbocycles. The van der Waals surface area contributed by atoms with Gasteiger partial charge in [-0.15, -0.1) is 0 Å². The van der Waals surface area contributed by atoms with Crippen LogP contribution in [0.4, 0.5) is 8.78 Å². The van der Waals surface area contributed by atoms with Crippen LogP contribution >= 0.6 is 0 Å². The van der Waals surface area contributed by atoms with Gasteiger partial charge in [0.25, 0.3) is 5.92 Å². The third-order valence-electron chi connectivity index (χ3n) is 5.63. The molecule has 2 nitrogen and oxygen atoms in total. The molecule has 0 N–H and O–H groups in total. The molecule has 2 atom stereocenters. The van der Waals surface area contributed by atoms with E-state index in [-0.39, 0.29) is 11.5 Å². The van der Waals surface area contributed by atoms with Gasteiger partial charge >= 0.3 is 7.12 Å². The van der Waals surface area contributed by atoms with Crippen molar-refractivity contribution in [3.63, 3.8) is 0 Å². The largest absolute Gasteiger partial charge is 0.495 e. The zero-order chi connectivity index (χ0) is 15.2. The lowest BCUT2D eigenvalue weighted by Gasteiger charge is -2.32. The molecule has 1 heterocycles. The smallest absolute Gasteiger partial charge is 0.399 e. The van der Waals surface area contributed by atoms with Crippen LogP contribution in [-0.4, -0.2) is 18.3 Å². The minimum absolute atomic E-state index is 0.0229. The molecule has 0 amide bonds. The predicted molar refractivity (Wildman–Crippen MR) is 76.9 cm³/mol. The molecule has 2 fully saturated rings. The summed E-state index contributed by atoms with van der Waals surface area (Å²) in [6.07, 6.45) is 0.580. The first-order valence-electron chi connectivity index (χ1n) is 7.52. The Labute approximate surface area is 124 Å². The van der Waals surface area contributed by atoms with Crippen LogP contribution in [-0.2, 0) is 15.2 Å². The van der Waals surface area contributed by atoms with Crippen molar-refractivity contribution in [2.75, 3.05) is 0 Å². The molecule has 1 aliphatic heterocycles. The molecule has 0 radical (unpaired) electrons. The second-order valence-electron chi connectivity index (χ2n) is 7.47. The summed E-state index contributed by atoms with van der Waals surface area (Å²) in [5.41, 5.74) is 0.826. The zero-order valence-corrected chi connectivity index (χ0v) is 12.7. The predicted octanol–water partition coefficient (Wildman–Crippen LogP) is 3.19. The lowest BCUT2D eigenvalue weighted by atomic mass is 9.74. The molecule has 1 aromatic rings. The SMILES string of the molecule is CC1(C)OB(c2cccc3c2C2CC2C3(F)F)OC1(C)C. The Morgan fingerprint density at radius 2 is 1.71 bits per heavy atom. The van der Waals surface area contributed by atoms with E-state index in [1.54, 1.807) is 12.1 Å². The maximum absolute atomic E-state index is 14.3. The van der Waals surface area contributed by atoms with Gasteiger partial charge in [-0.1, -0.05) is 18.2 Å². The van der Waals surface area contributed by atoms with Crippen molar-refractivity contribution < 1.29 is 18.1 Å². The van der Waals surface area contributed by atoms with Gasteiger partial charge in [-0.3, -0.25) is 0 Å². The molecular weight excluding hydrogens is 273 g/mol. The molecule has 2 unspecified atom stereocenters. The highest BCUT2D eigenvalue weighted by atomic mass is 19.3. The van der Waals surface area contributed by atoms with Gasteiger partial charge in [0.2, 0.25) is 0 Å². The summed E-state index contributed by atoms with van der Waals surface area (Å²) in [4.78, 5) is 0. The van der Waals surface area contributed by atoms with Gasteiger partial charge in [-0.25, -0.2) is 8.78 Å². The van der Waals surface area contributed by atoms with Crippen molar-refractivity contribution >= 4 is 12.6 Å². The molecule has 0 bridgehead atoms. The van der Waals surface area contributed by atoms with E-state index in [0.717, 1.165) is 11.0 Å². The lowest BCUT2D eigenvalue weighted by molar-refractivity contribution is -0.0224. The molecule has 3 aliphatic rings. The summed E-state index contributed by atoms with van der Waals surface area (Å²) >= 11 is 0. The Morgan fingerprint density at radius 1 is 1.10 bits per heavy atom. The number of rotatable bonds is 1. The van der Waals surface area contributed by atoms with Crippen LogP contribution in [0.3, 0.4) is 0 Å². The molecule has 0 spiro atoms. The van der Waals surface area contributed by atoms with Gasteiger partial charge in [0.15, 0.2) is 0 Å². The summed E-state index contributed by atoms with van der Waals surface area (Å²) in [7, 11) is -0.555. The number of fused-ring (bicyclic) bond motifs is 3. The third-order valence-corrected chi connectivity index (χ3v) is 5.63. The van der Waals surface area contributed by atoms with Gasteiger partial charge in [-0.05, 0) is 51.1 Å². The quantitative estimate of drug-likeness (QED) is 0.740. The van der Waals surface area contributed by atoms with E-state index in [4.69, 9.17) is 9.31 Å². The van der Waals surface area contributed by atoms with Gasteiger partial charge in [-0.2, -0.15) is 0 Å². The first-order valence-corrected chi connectivity index (χ1v) is 7.52. The van der Waals surface area contributed by atoms with E-state index in [0.29, 0.717) is 6.42 Å². The lowest BCUT2D eigenvalue weighted by Crippen LogP contribution is -2.41. The minimum atomic E-state index is -2.69. The third kappa shape index (κ3) is 1.65. The fourth-order valence-electron chi connectivity index (χ4n) is 3.58. The molecule has 0 aromatic heterocycles. The Morgan fingerprint density at radius 3 is 2.33 bits per heavy atom. The standard InChI is InChI=1S/C16H19BF2O2/c1-14(2)15(3,4)21-17(20-14)12-7-5-6-10-13(12)9-8-11(9)16(10,18)19/h5-7,9,11H,8H2,1-4H3. The van der Waals surface area contributed by atoms with Crippen molar-refractivity contribution in [1.82, 2.24) is 0 Å². The topological polar surface area (TPSA) is 18.5 Å². The van der Waals surface area contributed by atoms with Crippen LogP contribution in [0.5, 0.6) is 0 Å². The number of hydrogen-bond donors (Lipinski definition) is 0. The first kappa shape index (κ1) is 13.7. The Kier molecular flexibility index (Phi) is 2.41. The highest BCUT2D eigenvalue weighted by Crippen LogP contribution is 2.66. The summed E-state index contributed by atoms with van der Waals surface area (Å²) in [5, 5.41) is 0. The maximum atomic E-state index is 14.3. The van der Waals surface area contributed by atoms with Crippen LogP contribution in [0.15, 0.2) is 18.2 Å². The molecule has 4 rings (SSSR count). The average molecular weight is 292 g/mol. The summed E-state index contributed by atoms with van der Waals surface area (Å²) in [6.45, 7) is 7.91. The summed E-state index contributed by atoms with van der Waals surface area (Å²) in [6, 6.07) is 5.12. The molecule has 1 saturated heterocycles. The molecule has 2 aliphatic carbocycles. The van der Waals surface area contributed by atoms with Crippen molar-refractivity contribution in [2.24, 2.45) is 5.92 Å². The normalized spacial score (nSPS) is 33.7. The van der Waals surface area contributed by atoms with Crippen LogP contribution < -0.4 is 5.46 Å². The van der Waals surface area contributed by atoms with Gasteiger partial charge in [0.05, 0.1) is 11.2 Å². The van der Waals surface area contributed by atoms with Crippen molar-refractivity contribution in [2.45, 2.75) is 57.2 Å².